The number of hydrogen-bond donors (Lipinski definition) is 2. The van der Waals surface area contributed by atoms with Gasteiger partial charge in [0.05, 0.1) is 0 Å². The summed E-state index contributed by atoms with van der Waals surface area (Å²) in [5, 5.41) is 9.97. The molecule has 3 N–H and O–H groups in total. The van der Waals surface area contributed by atoms with Crippen molar-refractivity contribution < 1.29 is 0 Å². The Morgan fingerprint density at radius 3 is 2.58 bits per heavy atom. The maximum absolute atomic E-state index is 7.69. The third kappa shape index (κ3) is 2.05. The summed E-state index contributed by atoms with van der Waals surface area (Å²) in [6, 6.07) is 12.3. The number of nitrogen functional groups attached to an aromatic ring is 1. The first-order valence-corrected chi connectivity index (χ1v) is 6.78. The molecule has 3 nitrogen and oxygen atoms in total. The van der Waals surface area contributed by atoms with E-state index in [0.717, 1.165) is 30.0 Å². The number of amidine groups is 1. The SMILES string of the molecule is CC1CCN(c2ccc(C(=N)N)c3ccccc23)C1. The number of nitrogens with zero attached hydrogens (tertiary/aromatic N) is 1. The van der Waals surface area contributed by atoms with E-state index in [1.807, 2.05) is 12.1 Å². The normalized spacial score (nSPS) is 19.0. The predicted octanol–water partition coefficient (Wildman–Crippen LogP) is 2.97. The predicted molar refractivity (Wildman–Crippen MR) is 81.0 cm³/mol. The monoisotopic (exact) mass is 253 g/mol. The summed E-state index contributed by atoms with van der Waals surface area (Å²) in [5.74, 6) is 0.892. The Labute approximate surface area is 113 Å². The maximum Gasteiger partial charge on any atom is 0.123 e. The lowest BCUT2D eigenvalue weighted by Gasteiger charge is -2.21. The minimum atomic E-state index is 0.137. The third-order valence-electron chi connectivity index (χ3n) is 3.96. The Morgan fingerprint density at radius 2 is 1.95 bits per heavy atom. The standard InChI is InChI=1S/C16H19N3/c1-11-8-9-19(10-11)15-7-6-14(16(17)18)12-4-2-3-5-13(12)15/h2-7,11H,8-10H2,1H3,(H3,17,18). The average Bonchev–Trinajstić information content (AvgIpc) is 2.83. The van der Waals surface area contributed by atoms with Gasteiger partial charge in [0, 0.05) is 29.7 Å². The molecule has 1 aliphatic rings. The molecular formula is C16H19N3. The molecule has 19 heavy (non-hydrogen) atoms. The molecule has 0 bridgehead atoms. The van der Waals surface area contributed by atoms with E-state index in [0.29, 0.717) is 0 Å². The van der Waals surface area contributed by atoms with E-state index in [9.17, 15) is 0 Å². The van der Waals surface area contributed by atoms with Gasteiger partial charge >= 0.3 is 0 Å². The quantitative estimate of drug-likeness (QED) is 0.638. The first kappa shape index (κ1) is 12.0. The van der Waals surface area contributed by atoms with Crippen molar-refractivity contribution in [3.63, 3.8) is 0 Å². The molecule has 1 saturated heterocycles. The topological polar surface area (TPSA) is 53.1 Å². The van der Waals surface area contributed by atoms with Gasteiger partial charge in [0.15, 0.2) is 0 Å². The maximum atomic E-state index is 7.69. The lowest BCUT2D eigenvalue weighted by molar-refractivity contribution is 0.659. The number of anilines is 1. The molecule has 0 aromatic heterocycles. The van der Waals surface area contributed by atoms with Crippen molar-refractivity contribution in [3.8, 4) is 0 Å². The van der Waals surface area contributed by atoms with Gasteiger partial charge in [-0.1, -0.05) is 31.2 Å². The number of nitrogens with one attached hydrogen (secondary N) is 1. The second-order valence-corrected chi connectivity index (χ2v) is 5.43. The summed E-state index contributed by atoms with van der Waals surface area (Å²) in [6.45, 7) is 4.53. The summed E-state index contributed by atoms with van der Waals surface area (Å²) in [4.78, 5) is 2.44. The highest BCUT2D eigenvalue weighted by atomic mass is 15.1. The third-order valence-corrected chi connectivity index (χ3v) is 3.96. The number of rotatable bonds is 2. The van der Waals surface area contributed by atoms with Crippen molar-refractivity contribution in [1.82, 2.24) is 0 Å². The zero-order valence-corrected chi connectivity index (χ0v) is 11.2. The van der Waals surface area contributed by atoms with Gasteiger partial charge in [-0.2, -0.15) is 0 Å². The summed E-state index contributed by atoms with van der Waals surface area (Å²) in [7, 11) is 0. The van der Waals surface area contributed by atoms with Crippen LogP contribution in [-0.4, -0.2) is 18.9 Å². The van der Waals surface area contributed by atoms with E-state index in [-0.39, 0.29) is 5.84 Å². The van der Waals surface area contributed by atoms with E-state index in [1.54, 1.807) is 0 Å². The van der Waals surface area contributed by atoms with E-state index >= 15 is 0 Å². The lowest BCUT2D eigenvalue weighted by Crippen LogP contribution is -2.20. The first-order chi connectivity index (χ1) is 9.16. The van der Waals surface area contributed by atoms with Gasteiger partial charge in [0.2, 0.25) is 0 Å². The van der Waals surface area contributed by atoms with Gasteiger partial charge in [-0.3, -0.25) is 5.41 Å². The number of nitrogens with two attached hydrogens (primary N) is 1. The van der Waals surface area contributed by atoms with Crippen LogP contribution in [0.3, 0.4) is 0 Å². The van der Waals surface area contributed by atoms with Crippen LogP contribution in [0.1, 0.15) is 18.9 Å². The highest BCUT2D eigenvalue weighted by Gasteiger charge is 2.21. The van der Waals surface area contributed by atoms with Crippen LogP contribution >= 0.6 is 0 Å². The van der Waals surface area contributed by atoms with Crippen LogP contribution < -0.4 is 10.6 Å². The van der Waals surface area contributed by atoms with Crippen LogP contribution in [-0.2, 0) is 0 Å². The van der Waals surface area contributed by atoms with Crippen LogP contribution in [0.5, 0.6) is 0 Å². The summed E-state index contributed by atoms with van der Waals surface area (Å²) in [6.07, 6.45) is 1.25. The van der Waals surface area contributed by atoms with Crippen molar-refractivity contribution in [2.45, 2.75) is 13.3 Å². The van der Waals surface area contributed by atoms with Crippen LogP contribution in [0.2, 0.25) is 0 Å². The Morgan fingerprint density at radius 1 is 1.21 bits per heavy atom. The number of hydrogen-bond acceptors (Lipinski definition) is 2. The molecule has 0 aliphatic carbocycles. The molecule has 1 unspecified atom stereocenters. The minimum absolute atomic E-state index is 0.137. The molecule has 1 fully saturated rings. The van der Waals surface area contributed by atoms with Crippen molar-refractivity contribution in [1.29, 1.82) is 5.41 Å². The molecule has 2 aromatic rings. The largest absolute Gasteiger partial charge is 0.384 e. The molecule has 1 aliphatic heterocycles. The Hall–Kier alpha value is -2.03. The van der Waals surface area contributed by atoms with Gasteiger partial charge in [-0.25, -0.2) is 0 Å². The molecule has 98 valence electrons. The molecule has 0 amide bonds. The smallest absolute Gasteiger partial charge is 0.123 e. The highest BCUT2D eigenvalue weighted by molar-refractivity contribution is 6.10. The second kappa shape index (κ2) is 4.57. The fourth-order valence-corrected chi connectivity index (χ4v) is 2.95. The van der Waals surface area contributed by atoms with Crippen LogP contribution in [0.4, 0.5) is 5.69 Å². The molecule has 3 heteroatoms. The first-order valence-electron chi connectivity index (χ1n) is 6.78. The number of benzene rings is 2. The van der Waals surface area contributed by atoms with E-state index in [1.165, 1.54) is 17.5 Å². The van der Waals surface area contributed by atoms with Crippen molar-refractivity contribution in [2.75, 3.05) is 18.0 Å². The number of fused-ring (bicyclic) bond motifs is 1. The molecule has 1 atom stereocenters. The second-order valence-electron chi connectivity index (χ2n) is 5.43. The lowest BCUT2D eigenvalue weighted by atomic mass is 10.0. The van der Waals surface area contributed by atoms with Crippen molar-refractivity contribution >= 4 is 22.3 Å². The van der Waals surface area contributed by atoms with Crippen molar-refractivity contribution in [3.05, 3.63) is 42.0 Å². The van der Waals surface area contributed by atoms with E-state index < -0.39 is 0 Å². The molecule has 0 saturated carbocycles. The van der Waals surface area contributed by atoms with Gasteiger partial charge in [-0.15, -0.1) is 0 Å². The average molecular weight is 253 g/mol. The highest BCUT2D eigenvalue weighted by Crippen LogP contribution is 2.32. The zero-order valence-electron chi connectivity index (χ0n) is 11.2. The van der Waals surface area contributed by atoms with Gasteiger partial charge in [-0.05, 0) is 29.9 Å². The Bertz CT molecular complexity index is 633. The Kier molecular flexibility index (Phi) is 2.90. The molecule has 3 rings (SSSR count). The molecule has 0 radical (unpaired) electrons. The Balaban J connectivity index is 2.17. The van der Waals surface area contributed by atoms with Gasteiger partial charge in [0.1, 0.15) is 5.84 Å². The fourth-order valence-electron chi connectivity index (χ4n) is 2.95. The minimum Gasteiger partial charge on any atom is -0.384 e. The summed E-state index contributed by atoms with van der Waals surface area (Å²) >= 11 is 0. The molecule has 2 aromatic carbocycles. The van der Waals surface area contributed by atoms with E-state index in [2.05, 4.69) is 36.1 Å². The van der Waals surface area contributed by atoms with Crippen LogP contribution in [0, 0.1) is 11.3 Å². The van der Waals surface area contributed by atoms with Crippen LogP contribution in [0.25, 0.3) is 10.8 Å². The fraction of sp³-hybridized carbons (Fsp3) is 0.312. The molecular weight excluding hydrogens is 234 g/mol. The van der Waals surface area contributed by atoms with Gasteiger partial charge in [0.25, 0.3) is 0 Å². The summed E-state index contributed by atoms with van der Waals surface area (Å²) in [5.41, 5.74) is 7.77. The summed E-state index contributed by atoms with van der Waals surface area (Å²) < 4.78 is 0. The van der Waals surface area contributed by atoms with Crippen LogP contribution in [0.15, 0.2) is 36.4 Å². The van der Waals surface area contributed by atoms with E-state index in [4.69, 9.17) is 11.1 Å². The zero-order chi connectivity index (χ0) is 13.4. The van der Waals surface area contributed by atoms with Crippen molar-refractivity contribution in [2.24, 2.45) is 11.7 Å². The van der Waals surface area contributed by atoms with Gasteiger partial charge < -0.3 is 10.6 Å². The molecule has 1 heterocycles. The molecule has 0 spiro atoms.